The Kier molecular flexibility index (Phi) is 3.59. The van der Waals surface area contributed by atoms with Crippen LogP contribution in [0.5, 0.6) is 0 Å². The lowest BCUT2D eigenvalue weighted by Gasteiger charge is -2.34. The number of likely N-dealkylation sites (tertiary alicyclic amines) is 1. The summed E-state index contributed by atoms with van der Waals surface area (Å²) in [7, 11) is 0. The molecule has 4 aliphatic rings. The van der Waals surface area contributed by atoms with Crippen molar-refractivity contribution in [2.45, 2.75) is 56.7 Å². The Morgan fingerprint density at radius 3 is 2.60 bits per heavy atom. The minimum Gasteiger partial charge on any atom is -0.334 e. The van der Waals surface area contributed by atoms with E-state index in [4.69, 9.17) is 0 Å². The highest BCUT2D eigenvalue weighted by Crippen LogP contribution is 2.38. The molecule has 0 N–H and O–H groups in total. The van der Waals surface area contributed by atoms with E-state index >= 15 is 0 Å². The van der Waals surface area contributed by atoms with Gasteiger partial charge in [0.1, 0.15) is 0 Å². The van der Waals surface area contributed by atoms with Gasteiger partial charge in [0.25, 0.3) is 0 Å². The number of fused-ring (bicyclic) bond motifs is 1. The van der Waals surface area contributed by atoms with Crippen molar-refractivity contribution in [1.29, 1.82) is 0 Å². The standard InChI is InChI=1S/C20H25N3O2/c24-19-12-21(13-23(19)15-8-9-15)18-10-11-22(20(18)25)17-7-3-5-14-4-1-2-6-16(14)17/h1-2,4,6,15,17-18H,3,5,7-13H2. The number of nitrogens with zero attached hydrogens (tertiary/aromatic N) is 3. The number of hydrogen-bond donors (Lipinski definition) is 0. The number of aryl methyl sites for hydroxylation is 1. The minimum absolute atomic E-state index is 0.109. The van der Waals surface area contributed by atoms with Crippen molar-refractivity contribution in [2.75, 3.05) is 19.8 Å². The molecule has 0 spiro atoms. The van der Waals surface area contributed by atoms with Gasteiger partial charge in [-0.05, 0) is 49.7 Å². The summed E-state index contributed by atoms with van der Waals surface area (Å²) < 4.78 is 0. The Bertz CT molecular complexity index is 715. The van der Waals surface area contributed by atoms with Crippen LogP contribution in [0.1, 0.15) is 49.3 Å². The first-order valence-electron chi connectivity index (χ1n) is 9.64. The van der Waals surface area contributed by atoms with Gasteiger partial charge < -0.3 is 9.80 Å². The predicted octanol–water partition coefficient (Wildman–Crippen LogP) is 1.93. The fraction of sp³-hybridized carbons (Fsp3) is 0.600. The highest BCUT2D eigenvalue weighted by molar-refractivity contribution is 5.87. The van der Waals surface area contributed by atoms with Crippen molar-refractivity contribution >= 4 is 11.8 Å². The number of amides is 2. The van der Waals surface area contributed by atoms with Gasteiger partial charge in [0, 0.05) is 12.6 Å². The molecule has 1 aromatic carbocycles. The number of rotatable bonds is 3. The third-order valence-electron chi connectivity index (χ3n) is 6.35. The second-order valence-corrected chi connectivity index (χ2v) is 7.93. The van der Waals surface area contributed by atoms with Gasteiger partial charge in [0.05, 0.1) is 25.3 Å². The van der Waals surface area contributed by atoms with E-state index in [1.807, 2.05) is 4.90 Å². The largest absolute Gasteiger partial charge is 0.334 e. The molecule has 1 saturated carbocycles. The summed E-state index contributed by atoms with van der Waals surface area (Å²) in [5.41, 5.74) is 2.73. The smallest absolute Gasteiger partial charge is 0.240 e. The Morgan fingerprint density at radius 1 is 0.920 bits per heavy atom. The van der Waals surface area contributed by atoms with E-state index in [9.17, 15) is 9.59 Å². The first kappa shape index (κ1) is 15.4. The molecule has 2 saturated heterocycles. The third-order valence-corrected chi connectivity index (χ3v) is 6.35. The van der Waals surface area contributed by atoms with Crippen molar-refractivity contribution in [3.63, 3.8) is 0 Å². The molecule has 2 unspecified atom stereocenters. The van der Waals surface area contributed by atoms with Gasteiger partial charge in [0.2, 0.25) is 11.8 Å². The third kappa shape index (κ3) is 2.56. The summed E-state index contributed by atoms with van der Waals surface area (Å²) >= 11 is 0. The van der Waals surface area contributed by atoms with Crippen LogP contribution in [0.3, 0.4) is 0 Å². The molecule has 1 aromatic rings. The molecule has 5 heteroatoms. The van der Waals surface area contributed by atoms with Gasteiger partial charge in [-0.2, -0.15) is 0 Å². The molecule has 132 valence electrons. The molecule has 3 fully saturated rings. The van der Waals surface area contributed by atoms with Gasteiger partial charge in [-0.1, -0.05) is 24.3 Å². The molecule has 2 heterocycles. The molecule has 2 aliphatic heterocycles. The first-order valence-corrected chi connectivity index (χ1v) is 9.64. The van der Waals surface area contributed by atoms with E-state index in [1.54, 1.807) is 0 Å². The lowest BCUT2D eigenvalue weighted by atomic mass is 9.87. The molecular formula is C20H25N3O2. The molecule has 25 heavy (non-hydrogen) atoms. The zero-order valence-corrected chi connectivity index (χ0v) is 14.6. The van der Waals surface area contributed by atoms with Gasteiger partial charge in [0.15, 0.2) is 0 Å². The summed E-state index contributed by atoms with van der Waals surface area (Å²) in [4.78, 5) is 31.6. The molecule has 0 radical (unpaired) electrons. The maximum Gasteiger partial charge on any atom is 0.240 e. The maximum atomic E-state index is 13.2. The van der Waals surface area contributed by atoms with E-state index < -0.39 is 0 Å². The summed E-state index contributed by atoms with van der Waals surface area (Å²) in [6.07, 6.45) is 6.43. The van der Waals surface area contributed by atoms with Crippen LogP contribution in [0, 0.1) is 0 Å². The molecular weight excluding hydrogens is 314 g/mol. The second-order valence-electron chi connectivity index (χ2n) is 7.93. The molecule has 2 amide bonds. The number of hydrogen-bond acceptors (Lipinski definition) is 3. The second kappa shape index (κ2) is 5.84. The Morgan fingerprint density at radius 2 is 1.76 bits per heavy atom. The molecule has 2 aliphatic carbocycles. The Balaban J connectivity index is 1.33. The highest BCUT2D eigenvalue weighted by Gasteiger charge is 2.46. The minimum atomic E-state index is -0.109. The monoisotopic (exact) mass is 339 g/mol. The van der Waals surface area contributed by atoms with Crippen LogP contribution in [-0.2, 0) is 16.0 Å². The van der Waals surface area contributed by atoms with Gasteiger partial charge >= 0.3 is 0 Å². The van der Waals surface area contributed by atoms with Crippen LogP contribution in [0.2, 0.25) is 0 Å². The van der Waals surface area contributed by atoms with Crippen molar-refractivity contribution in [1.82, 2.24) is 14.7 Å². The Hall–Kier alpha value is -1.88. The molecule has 5 rings (SSSR count). The number of carbonyl (C=O) groups is 2. The molecule has 0 aromatic heterocycles. The molecule has 2 atom stereocenters. The van der Waals surface area contributed by atoms with Crippen molar-refractivity contribution < 1.29 is 9.59 Å². The van der Waals surface area contributed by atoms with E-state index in [0.717, 1.165) is 45.1 Å². The lowest BCUT2D eigenvalue weighted by Crippen LogP contribution is -2.43. The fourth-order valence-electron chi connectivity index (χ4n) is 4.89. The average molecular weight is 339 g/mol. The number of carbonyl (C=O) groups excluding carboxylic acids is 2. The van der Waals surface area contributed by atoms with E-state index in [1.165, 1.54) is 11.1 Å². The summed E-state index contributed by atoms with van der Waals surface area (Å²) in [5, 5.41) is 0. The van der Waals surface area contributed by atoms with Gasteiger partial charge in [-0.3, -0.25) is 14.5 Å². The quantitative estimate of drug-likeness (QED) is 0.845. The van der Waals surface area contributed by atoms with Crippen LogP contribution in [-0.4, -0.2) is 58.4 Å². The zero-order valence-electron chi connectivity index (χ0n) is 14.6. The van der Waals surface area contributed by atoms with E-state index in [-0.39, 0.29) is 23.9 Å². The van der Waals surface area contributed by atoms with Crippen molar-refractivity contribution in [2.24, 2.45) is 0 Å². The average Bonchev–Trinajstić information content (AvgIpc) is 3.30. The fourth-order valence-corrected chi connectivity index (χ4v) is 4.89. The summed E-state index contributed by atoms with van der Waals surface area (Å²) in [5.74, 6) is 0.434. The van der Waals surface area contributed by atoms with Crippen LogP contribution in [0.25, 0.3) is 0 Å². The van der Waals surface area contributed by atoms with Crippen LogP contribution >= 0.6 is 0 Å². The normalized spacial score (nSPS) is 30.2. The van der Waals surface area contributed by atoms with Crippen LogP contribution in [0.15, 0.2) is 24.3 Å². The summed E-state index contributed by atoms with van der Waals surface area (Å²) in [6, 6.07) is 9.12. The maximum absolute atomic E-state index is 13.2. The highest BCUT2D eigenvalue weighted by atomic mass is 16.2. The topological polar surface area (TPSA) is 43.9 Å². The van der Waals surface area contributed by atoms with Gasteiger partial charge in [-0.25, -0.2) is 0 Å². The van der Waals surface area contributed by atoms with E-state index in [2.05, 4.69) is 34.1 Å². The van der Waals surface area contributed by atoms with Crippen LogP contribution < -0.4 is 0 Å². The lowest BCUT2D eigenvalue weighted by molar-refractivity contribution is -0.134. The zero-order chi connectivity index (χ0) is 17.0. The number of benzene rings is 1. The van der Waals surface area contributed by atoms with Crippen LogP contribution in [0.4, 0.5) is 0 Å². The van der Waals surface area contributed by atoms with Crippen molar-refractivity contribution in [3.05, 3.63) is 35.4 Å². The summed E-state index contributed by atoms with van der Waals surface area (Å²) in [6.45, 7) is 1.88. The van der Waals surface area contributed by atoms with Gasteiger partial charge in [-0.15, -0.1) is 0 Å². The molecule has 0 bridgehead atoms. The van der Waals surface area contributed by atoms with Crippen molar-refractivity contribution in [3.8, 4) is 0 Å². The first-order chi connectivity index (χ1) is 12.2. The Labute approximate surface area is 148 Å². The SMILES string of the molecule is O=C1CN(C2CCN(C3CCCc4ccccc43)C2=O)CN1C1CC1. The molecule has 5 nitrogen and oxygen atoms in total. The van der Waals surface area contributed by atoms with E-state index in [0.29, 0.717) is 19.3 Å². The predicted molar refractivity (Wildman–Crippen MR) is 93.7 cm³/mol.